The lowest BCUT2D eigenvalue weighted by atomic mass is 9.91. The predicted molar refractivity (Wildman–Crippen MR) is 49.7 cm³/mol. The van der Waals surface area contributed by atoms with Crippen molar-refractivity contribution in [2.75, 3.05) is 13.1 Å². The molecule has 2 fully saturated rings. The first-order chi connectivity index (χ1) is 7.15. The van der Waals surface area contributed by atoms with Crippen LogP contribution < -0.4 is 0 Å². The van der Waals surface area contributed by atoms with Crippen LogP contribution in [-0.4, -0.2) is 42.5 Å². The Hall–Kier alpha value is -0.550. The summed E-state index contributed by atoms with van der Waals surface area (Å²) in [6.45, 7) is -1.49. The Kier molecular flexibility index (Phi) is 3.31. The highest BCUT2D eigenvalue weighted by Crippen LogP contribution is 2.26. The van der Waals surface area contributed by atoms with Crippen LogP contribution in [0.2, 0.25) is 0 Å². The van der Waals surface area contributed by atoms with Gasteiger partial charge in [-0.25, -0.2) is 0 Å². The van der Waals surface area contributed by atoms with Crippen LogP contribution in [0.25, 0.3) is 0 Å². The van der Waals surface area contributed by atoms with Crippen molar-refractivity contribution in [2.45, 2.75) is 44.4 Å². The maximum absolute atomic E-state index is 11.8. The van der Waals surface area contributed by atoms with Gasteiger partial charge in [0.05, 0.1) is 6.10 Å². The molecule has 1 saturated carbocycles. The molecule has 0 bridgehead atoms. The summed E-state index contributed by atoms with van der Waals surface area (Å²) in [6.07, 6.45) is 2.71. The van der Waals surface area contributed by atoms with Gasteiger partial charge < -0.3 is 4.74 Å². The maximum atomic E-state index is 11.8. The lowest BCUT2D eigenvalue weighted by Crippen LogP contribution is -2.57. The highest BCUT2D eigenvalue weighted by molar-refractivity contribution is 5.79. The van der Waals surface area contributed by atoms with Gasteiger partial charge in [-0.15, -0.1) is 0 Å². The van der Waals surface area contributed by atoms with Gasteiger partial charge in [0.1, 0.15) is 5.78 Å². The molecule has 0 spiro atoms. The zero-order valence-electron chi connectivity index (χ0n) is 8.49. The fraction of sp³-hybridized carbons (Fsp3) is 0.900. The van der Waals surface area contributed by atoms with Crippen LogP contribution in [0.5, 0.6) is 0 Å². The topological polar surface area (TPSA) is 29.5 Å². The Morgan fingerprint density at radius 2 is 1.87 bits per heavy atom. The Morgan fingerprint density at radius 1 is 1.27 bits per heavy atom. The van der Waals surface area contributed by atoms with Crippen LogP contribution in [0.3, 0.4) is 0 Å². The third-order valence-corrected chi connectivity index (χ3v) is 3.20. The average molecular weight is 219 g/mol. The third-order valence-electron chi connectivity index (χ3n) is 3.20. The van der Waals surface area contributed by atoms with Gasteiger partial charge in [0, 0.05) is 32.0 Å². The number of hydrogen-bond acceptors (Lipinski definition) is 3. The number of ketones is 1. The van der Waals surface area contributed by atoms with Crippen LogP contribution in [-0.2, 0) is 9.53 Å². The molecule has 2 rings (SSSR count). The van der Waals surface area contributed by atoms with E-state index in [4.69, 9.17) is 0 Å². The molecule has 1 heterocycles. The van der Waals surface area contributed by atoms with E-state index < -0.39 is 6.61 Å². The van der Waals surface area contributed by atoms with Crippen molar-refractivity contribution >= 4 is 5.78 Å². The minimum atomic E-state index is -2.66. The first-order valence-corrected chi connectivity index (χ1v) is 5.34. The monoisotopic (exact) mass is 219 g/mol. The van der Waals surface area contributed by atoms with E-state index in [1.165, 1.54) is 0 Å². The first-order valence-electron chi connectivity index (χ1n) is 5.34. The molecule has 0 radical (unpaired) electrons. The van der Waals surface area contributed by atoms with E-state index in [2.05, 4.69) is 9.64 Å². The molecule has 86 valence electrons. The number of Topliss-reactive ketones (excluding diaryl/α,β-unsaturated/α-hetero) is 1. The smallest absolute Gasteiger partial charge is 0.317 e. The highest BCUT2D eigenvalue weighted by atomic mass is 19.3. The zero-order valence-corrected chi connectivity index (χ0v) is 8.49. The summed E-state index contributed by atoms with van der Waals surface area (Å²) in [5, 5.41) is 0. The minimum absolute atomic E-state index is 0.317. The second-order valence-electron chi connectivity index (χ2n) is 4.24. The van der Waals surface area contributed by atoms with Gasteiger partial charge in [-0.1, -0.05) is 0 Å². The summed E-state index contributed by atoms with van der Waals surface area (Å²) in [6, 6.07) is 0.403. The molecule has 0 N–H and O–H groups in total. The van der Waals surface area contributed by atoms with E-state index in [9.17, 15) is 13.6 Å². The predicted octanol–water partition coefficient (Wildman–Crippen LogP) is 1.42. The molecule has 15 heavy (non-hydrogen) atoms. The van der Waals surface area contributed by atoms with Crippen LogP contribution in [0.1, 0.15) is 25.7 Å². The molecule has 3 nitrogen and oxygen atoms in total. The molecule has 1 aliphatic heterocycles. The molecular formula is C10H15F2NO2. The van der Waals surface area contributed by atoms with Crippen LogP contribution >= 0.6 is 0 Å². The molecule has 0 atom stereocenters. The Bertz CT molecular complexity index is 232. The summed E-state index contributed by atoms with van der Waals surface area (Å²) < 4.78 is 28.1. The van der Waals surface area contributed by atoms with E-state index >= 15 is 0 Å². The normalized spacial score (nSPS) is 25.9. The van der Waals surface area contributed by atoms with Crippen LogP contribution in [0.15, 0.2) is 0 Å². The summed E-state index contributed by atoms with van der Waals surface area (Å²) in [4.78, 5) is 13.1. The van der Waals surface area contributed by atoms with Gasteiger partial charge in [-0.2, -0.15) is 8.78 Å². The number of ether oxygens (including phenoxy) is 1. The van der Waals surface area contributed by atoms with Gasteiger partial charge in [0.25, 0.3) is 0 Å². The maximum Gasteiger partial charge on any atom is 0.345 e. The zero-order chi connectivity index (χ0) is 10.8. The summed E-state index contributed by atoms with van der Waals surface area (Å²) >= 11 is 0. The van der Waals surface area contributed by atoms with Crippen molar-refractivity contribution in [3.05, 3.63) is 0 Å². The van der Waals surface area contributed by atoms with Crippen molar-refractivity contribution in [1.29, 1.82) is 0 Å². The van der Waals surface area contributed by atoms with Gasteiger partial charge in [0.2, 0.25) is 0 Å². The van der Waals surface area contributed by atoms with Gasteiger partial charge in [-0.3, -0.25) is 9.69 Å². The molecule has 0 amide bonds. The van der Waals surface area contributed by atoms with Gasteiger partial charge in [-0.05, 0) is 12.8 Å². The van der Waals surface area contributed by atoms with Crippen molar-refractivity contribution in [3.63, 3.8) is 0 Å². The van der Waals surface area contributed by atoms with Gasteiger partial charge in [0.15, 0.2) is 0 Å². The number of carbonyl (C=O) groups excluding carboxylic acids is 1. The SMILES string of the molecule is O=C1CCC(N2CC(OC(F)F)C2)CC1. The molecule has 0 aromatic heterocycles. The lowest BCUT2D eigenvalue weighted by Gasteiger charge is -2.44. The van der Waals surface area contributed by atoms with Crippen molar-refractivity contribution in [2.24, 2.45) is 0 Å². The Morgan fingerprint density at radius 3 is 2.40 bits per heavy atom. The average Bonchev–Trinajstić information content (AvgIpc) is 2.12. The standard InChI is InChI=1S/C10H15F2NO2/c11-10(12)15-9-5-13(6-9)7-1-3-8(14)4-2-7/h7,9-10H,1-6H2. The largest absolute Gasteiger partial charge is 0.345 e. The number of nitrogens with zero attached hydrogens (tertiary/aromatic N) is 1. The van der Waals surface area contributed by atoms with Crippen LogP contribution in [0, 0.1) is 0 Å². The number of alkyl halides is 2. The van der Waals surface area contributed by atoms with E-state index in [1.807, 2.05) is 0 Å². The fourth-order valence-electron chi connectivity index (χ4n) is 2.29. The quantitative estimate of drug-likeness (QED) is 0.719. The number of rotatable bonds is 3. The Balaban J connectivity index is 1.68. The number of carbonyl (C=O) groups is 1. The molecule has 1 saturated heterocycles. The second-order valence-corrected chi connectivity index (χ2v) is 4.24. The molecule has 0 unspecified atom stereocenters. The van der Waals surface area contributed by atoms with E-state index in [0.717, 1.165) is 12.8 Å². The number of likely N-dealkylation sites (tertiary alicyclic amines) is 1. The second kappa shape index (κ2) is 4.53. The summed E-state index contributed by atoms with van der Waals surface area (Å²) in [7, 11) is 0. The van der Waals surface area contributed by atoms with Crippen molar-refractivity contribution in [3.8, 4) is 0 Å². The van der Waals surface area contributed by atoms with Crippen LogP contribution in [0.4, 0.5) is 8.78 Å². The molecule has 1 aliphatic carbocycles. The Labute approximate surface area is 87.4 Å². The van der Waals surface area contributed by atoms with E-state index in [0.29, 0.717) is 37.8 Å². The minimum Gasteiger partial charge on any atom is -0.317 e. The molecule has 0 aromatic rings. The molecular weight excluding hydrogens is 204 g/mol. The lowest BCUT2D eigenvalue weighted by molar-refractivity contribution is -0.201. The summed E-state index contributed by atoms with van der Waals surface area (Å²) in [5.74, 6) is 0.326. The fourth-order valence-corrected chi connectivity index (χ4v) is 2.29. The molecule has 2 aliphatic rings. The summed E-state index contributed by atoms with van der Waals surface area (Å²) in [5.41, 5.74) is 0. The van der Waals surface area contributed by atoms with E-state index in [-0.39, 0.29) is 6.10 Å². The molecule has 5 heteroatoms. The van der Waals surface area contributed by atoms with Crippen molar-refractivity contribution in [1.82, 2.24) is 4.90 Å². The van der Waals surface area contributed by atoms with E-state index in [1.54, 1.807) is 0 Å². The molecule has 0 aromatic carbocycles. The highest BCUT2D eigenvalue weighted by Gasteiger charge is 2.35. The first kappa shape index (κ1) is 11.0. The third kappa shape index (κ3) is 2.72. The number of halogens is 2. The van der Waals surface area contributed by atoms with Gasteiger partial charge >= 0.3 is 6.61 Å². The number of hydrogen-bond donors (Lipinski definition) is 0. The van der Waals surface area contributed by atoms with Crippen molar-refractivity contribution < 1.29 is 18.3 Å².